The molecule has 4 aromatic carbocycles. The number of hydrogen-bond donors (Lipinski definition) is 3. The van der Waals surface area contributed by atoms with E-state index in [-0.39, 0.29) is 18.0 Å². The molecule has 15 nitrogen and oxygen atoms in total. The fourth-order valence-corrected chi connectivity index (χ4v) is 11.0. The quantitative estimate of drug-likeness (QED) is 0.137. The van der Waals surface area contributed by atoms with Crippen LogP contribution >= 0.6 is 0 Å². The minimum absolute atomic E-state index is 0.152. The number of aromatic nitrogens is 6. The molecule has 3 N–H and O–H groups in total. The number of hydrogen-bond acceptors (Lipinski definition) is 11. The largest absolute Gasteiger partial charge is 0.444 e. The monoisotopic (exact) mass is 1020 g/mol. The maximum absolute atomic E-state index is 12.7. The van der Waals surface area contributed by atoms with Crippen LogP contribution in [0.3, 0.4) is 0 Å². The summed E-state index contributed by atoms with van der Waals surface area (Å²) in [5.74, 6) is 2.53. The topological polar surface area (TPSA) is 150 Å². The normalized spacial score (nSPS) is 20.6. The number of β-lactam (4-membered cyclic amide) rings is 1. The van der Waals surface area contributed by atoms with Crippen LogP contribution in [0.2, 0.25) is 0 Å². The van der Waals surface area contributed by atoms with E-state index in [0.717, 1.165) is 74.7 Å². The second-order valence-electron chi connectivity index (χ2n) is 21.4. The zero-order chi connectivity index (χ0) is 52.0. The van der Waals surface area contributed by atoms with Gasteiger partial charge < -0.3 is 35.4 Å². The average Bonchev–Trinajstić information content (AvgIpc) is 3.95. The van der Waals surface area contributed by atoms with E-state index < -0.39 is 5.60 Å². The average molecular weight is 1020 g/mol. The van der Waals surface area contributed by atoms with Gasteiger partial charge in [0.2, 0.25) is 5.91 Å². The molecule has 0 radical (unpaired) electrons. The summed E-state index contributed by atoms with van der Waals surface area (Å²) in [4.78, 5) is 39.8. The van der Waals surface area contributed by atoms with Crippen LogP contribution < -0.4 is 25.8 Å². The lowest BCUT2D eigenvalue weighted by Gasteiger charge is -2.44. The van der Waals surface area contributed by atoms with Crippen LogP contribution in [0, 0.1) is 0 Å². The molecule has 4 atom stereocenters. The Morgan fingerprint density at radius 3 is 1.47 bits per heavy atom. The van der Waals surface area contributed by atoms with E-state index in [1.165, 1.54) is 64.3 Å². The number of anilines is 2. The minimum Gasteiger partial charge on any atom is -0.444 e. The standard InChI is InChI=1S/C24H29N5O2.C19H21N5.C9H9NO.C9H11N/c1-24(2,3)31-23(30)27-14-10-18-19(11-15-27)26-21-9-13-25-29(21)22(18)28-16-12-20(28)17-7-5-4-6-8-17;1-2-4-14(5-3-1)17-9-13-23(17)19-15-6-10-20-11-7-16(15)22-18-8-12-21-24(18)19;11-9-6-8(10-9)7-4-2-1-3-5-7;1-2-4-8(5-3-1)9-6-7-10-9/h4-9,13,20H,10-12,14-16H2,1-3H3;1-5,8,12,17,20H,6-7,9-11,13H2;1-5,8H,6H2,(H,10,11);1-5,9-10H,6-7H2. The van der Waals surface area contributed by atoms with Crippen molar-refractivity contribution in [3.05, 3.63) is 191 Å². The molecular weight excluding hydrogens is 949 g/mol. The summed E-state index contributed by atoms with van der Waals surface area (Å²) in [6.45, 7) is 12.2. The number of rotatable bonds is 6. The smallest absolute Gasteiger partial charge is 0.410 e. The van der Waals surface area contributed by atoms with Crippen LogP contribution in [-0.2, 0) is 35.2 Å². The maximum atomic E-state index is 12.7. The van der Waals surface area contributed by atoms with Gasteiger partial charge in [-0.25, -0.2) is 14.8 Å². The Morgan fingerprint density at radius 2 is 1.01 bits per heavy atom. The highest BCUT2D eigenvalue weighted by molar-refractivity contribution is 5.83. The van der Waals surface area contributed by atoms with Crippen molar-refractivity contribution in [2.45, 2.75) is 102 Å². The lowest BCUT2D eigenvalue weighted by Crippen LogP contribution is -2.43. The molecule has 0 spiro atoms. The molecule has 76 heavy (non-hydrogen) atoms. The van der Waals surface area contributed by atoms with Gasteiger partial charge >= 0.3 is 6.09 Å². The first-order valence-corrected chi connectivity index (χ1v) is 27.3. The Labute approximate surface area is 445 Å². The van der Waals surface area contributed by atoms with Gasteiger partial charge in [-0.2, -0.15) is 19.2 Å². The first-order chi connectivity index (χ1) is 37.1. The van der Waals surface area contributed by atoms with E-state index >= 15 is 0 Å². The highest BCUT2D eigenvalue weighted by Gasteiger charge is 2.37. The molecule has 0 aliphatic carbocycles. The van der Waals surface area contributed by atoms with Gasteiger partial charge in [-0.3, -0.25) is 4.79 Å². The third-order valence-electron chi connectivity index (χ3n) is 15.3. The number of amides is 2. The summed E-state index contributed by atoms with van der Waals surface area (Å²) < 4.78 is 9.63. The number of ether oxygens (including phenoxy) is 1. The maximum Gasteiger partial charge on any atom is 0.410 e. The molecule has 6 aliphatic heterocycles. The molecule has 392 valence electrons. The Morgan fingerprint density at radius 1 is 0.553 bits per heavy atom. The van der Waals surface area contributed by atoms with Gasteiger partial charge in [0, 0.05) is 74.9 Å². The van der Waals surface area contributed by atoms with Gasteiger partial charge in [-0.05, 0) is 88.2 Å². The van der Waals surface area contributed by atoms with Crippen LogP contribution in [0.15, 0.2) is 146 Å². The van der Waals surface area contributed by atoms with Crippen molar-refractivity contribution < 1.29 is 14.3 Å². The van der Waals surface area contributed by atoms with Gasteiger partial charge in [-0.1, -0.05) is 121 Å². The Kier molecular flexibility index (Phi) is 15.1. The van der Waals surface area contributed by atoms with E-state index in [2.05, 4.69) is 127 Å². The molecule has 0 saturated carbocycles. The fourth-order valence-electron chi connectivity index (χ4n) is 11.0. The number of benzene rings is 4. The first kappa shape index (κ1) is 50.5. The molecular formula is C61H70N12O3. The number of fused-ring (bicyclic) bond motifs is 4. The first-order valence-electron chi connectivity index (χ1n) is 27.3. The van der Waals surface area contributed by atoms with Gasteiger partial charge in [0.1, 0.15) is 17.2 Å². The minimum atomic E-state index is -0.499. The molecule has 4 unspecified atom stereocenters. The summed E-state index contributed by atoms with van der Waals surface area (Å²) in [6.07, 6.45) is 11.1. The van der Waals surface area contributed by atoms with Crippen molar-refractivity contribution in [3.8, 4) is 0 Å². The van der Waals surface area contributed by atoms with E-state index in [9.17, 15) is 9.59 Å². The molecule has 6 aliphatic rings. The summed E-state index contributed by atoms with van der Waals surface area (Å²) in [6, 6.07) is 47.7. The molecule has 8 aromatic rings. The van der Waals surface area contributed by atoms with Crippen molar-refractivity contribution >= 4 is 34.9 Å². The summed E-state index contributed by atoms with van der Waals surface area (Å²) in [5, 5.41) is 18.9. The van der Waals surface area contributed by atoms with Gasteiger partial charge in [0.25, 0.3) is 0 Å². The Bertz CT molecular complexity index is 3220. The van der Waals surface area contributed by atoms with E-state index in [1.54, 1.807) is 0 Å². The Balaban J connectivity index is 0.000000120. The van der Waals surface area contributed by atoms with Crippen molar-refractivity contribution in [2.24, 2.45) is 0 Å². The Hall–Kier alpha value is -7.62. The molecule has 4 saturated heterocycles. The van der Waals surface area contributed by atoms with Crippen LogP contribution in [0.25, 0.3) is 11.3 Å². The number of carbonyl (C=O) groups is 2. The molecule has 14 rings (SSSR count). The van der Waals surface area contributed by atoms with Gasteiger partial charge in [-0.15, -0.1) is 0 Å². The molecule has 10 heterocycles. The van der Waals surface area contributed by atoms with Crippen LogP contribution in [0.4, 0.5) is 16.4 Å². The lowest BCUT2D eigenvalue weighted by atomic mass is 9.93. The predicted octanol–water partition coefficient (Wildman–Crippen LogP) is 9.35. The van der Waals surface area contributed by atoms with Crippen LogP contribution in [0.1, 0.15) is 115 Å². The van der Waals surface area contributed by atoms with Crippen molar-refractivity contribution in [1.29, 1.82) is 0 Å². The summed E-state index contributed by atoms with van der Waals surface area (Å²) in [5.41, 5.74) is 11.5. The molecule has 4 fully saturated rings. The molecule has 4 aromatic heterocycles. The SMILES string of the molecule is CC(C)(C)OC(=O)N1CCc2nc3ccnn3c(N3CCC3c3ccccc3)c2CC1.O=C1CC(c2ccccc2)N1.c1ccc(C2CCN2)cc1.c1ccc(C2CCN2c2c3c(nc4ccnn24)CCNCC3)cc1. The van der Waals surface area contributed by atoms with Crippen molar-refractivity contribution in [3.63, 3.8) is 0 Å². The number of carbonyl (C=O) groups excluding carboxylic acids is 2. The zero-order valence-electron chi connectivity index (χ0n) is 44.0. The second kappa shape index (κ2) is 22.7. The third kappa shape index (κ3) is 11.2. The second-order valence-corrected chi connectivity index (χ2v) is 21.4. The third-order valence-corrected chi connectivity index (χ3v) is 15.3. The fraction of sp³-hybridized carbons (Fsp3) is 0.377. The van der Waals surface area contributed by atoms with E-state index in [1.807, 2.05) is 89.6 Å². The molecule has 15 heteroatoms. The van der Waals surface area contributed by atoms with E-state index in [4.69, 9.17) is 14.7 Å². The number of nitrogens with zero attached hydrogens (tertiary/aromatic N) is 9. The van der Waals surface area contributed by atoms with Crippen LogP contribution in [0.5, 0.6) is 0 Å². The molecule has 2 amide bonds. The predicted molar refractivity (Wildman–Crippen MR) is 298 cm³/mol. The van der Waals surface area contributed by atoms with Crippen LogP contribution in [-0.4, -0.2) is 97.5 Å². The van der Waals surface area contributed by atoms with Gasteiger partial charge in [0.05, 0.1) is 48.3 Å². The van der Waals surface area contributed by atoms with Crippen molar-refractivity contribution in [2.75, 3.05) is 55.6 Å². The summed E-state index contributed by atoms with van der Waals surface area (Å²) in [7, 11) is 0. The summed E-state index contributed by atoms with van der Waals surface area (Å²) >= 11 is 0. The zero-order valence-corrected chi connectivity index (χ0v) is 44.0. The molecule has 0 bridgehead atoms. The number of nitrogens with one attached hydrogen (secondary N) is 3. The van der Waals surface area contributed by atoms with Gasteiger partial charge in [0.15, 0.2) is 11.3 Å². The van der Waals surface area contributed by atoms with E-state index in [0.29, 0.717) is 44.1 Å². The highest BCUT2D eigenvalue weighted by atomic mass is 16.6. The highest BCUT2D eigenvalue weighted by Crippen LogP contribution is 2.42. The van der Waals surface area contributed by atoms with Crippen molar-refractivity contribution in [1.82, 2.24) is 50.0 Å². The lowest BCUT2D eigenvalue weighted by molar-refractivity contribution is -0.128.